The quantitative estimate of drug-likeness (QED) is 0.619. The average molecular weight is 243 g/mol. The first-order valence-electron chi connectivity index (χ1n) is 6.03. The first kappa shape index (κ1) is 13.9. The van der Waals surface area contributed by atoms with E-state index in [9.17, 15) is 9.59 Å². The normalized spacial score (nSPS) is 17.6. The summed E-state index contributed by atoms with van der Waals surface area (Å²) in [6, 6.07) is -0.144. The number of hydrogen-bond acceptors (Lipinski definition) is 4. The van der Waals surface area contributed by atoms with Gasteiger partial charge in [-0.05, 0) is 13.8 Å². The van der Waals surface area contributed by atoms with Crippen LogP contribution in [-0.4, -0.2) is 62.1 Å². The molecule has 0 aliphatic carbocycles. The summed E-state index contributed by atoms with van der Waals surface area (Å²) >= 11 is 0. The van der Waals surface area contributed by atoms with Crippen molar-refractivity contribution in [3.05, 3.63) is 0 Å². The number of ether oxygens (including phenoxy) is 1. The molecule has 1 aliphatic rings. The van der Waals surface area contributed by atoms with Crippen LogP contribution >= 0.6 is 0 Å². The fourth-order valence-corrected chi connectivity index (χ4v) is 1.63. The minimum atomic E-state index is -0.542. The summed E-state index contributed by atoms with van der Waals surface area (Å²) < 4.78 is 5.17. The minimum Gasteiger partial charge on any atom is -0.380 e. The monoisotopic (exact) mass is 243 g/mol. The van der Waals surface area contributed by atoms with E-state index in [1.807, 2.05) is 13.8 Å². The molecule has 0 radical (unpaired) electrons. The topological polar surface area (TPSA) is 70.7 Å². The molecule has 1 rings (SSSR count). The fraction of sp³-hybridized carbons (Fsp3) is 0.818. The highest BCUT2D eigenvalue weighted by atomic mass is 16.5. The van der Waals surface area contributed by atoms with E-state index < -0.39 is 11.8 Å². The molecule has 1 heterocycles. The molecule has 0 aromatic rings. The van der Waals surface area contributed by atoms with Crippen molar-refractivity contribution in [2.45, 2.75) is 19.9 Å². The Hall–Kier alpha value is -1.14. The number of piperazine rings is 1. The van der Waals surface area contributed by atoms with Crippen molar-refractivity contribution in [2.24, 2.45) is 0 Å². The molecule has 0 bridgehead atoms. The van der Waals surface area contributed by atoms with Crippen molar-refractivity contribution < 1.29 is 14.3 Å². The molecule has 1 aliphatic heterocycles. The molecule has 0 saturated carbocycles. The lowest BCUT2D eigenvalue weighted by molar-refractivity contribution is -0.146. The number of hydrogen-bond donors (Lipinski definition) is 2. The van der Waals surface area contributed by atoms with Gasteiger partial charge in [0.2, 0.25) is 0 Å². The first-order valence-corrected chi connectivity index (χ1v) is 6.03. The molecule has 2 amide bonds. The van der Waals surface area contributed by atoms with Crippen LogP contribution in [0.2, 0.25) is 0 Å². The number of amides is 2. The highest BCUT2D eigenvalue weighted by molar-refractivity contribution is 6.35. The SMILES string of the molecule is CCOCC(C)NC(=O)C(=O)N1CCNCC1. The summed E-state index contributed by atoms with van der Waals surface area (Å²) in [5.74, 6) is -0.992. The minimum absolute atomic E-state index is 0.144. The Kier molecular flexibility index (Phi) is 5.93. The van der Waals surface area contributed by atoms with Crippen molar-refractivity contribution >= 4 is 11.8 Å². The zero-order chi connectivity index (χ0) is 12.7. The van der Waals surface area contributed by atoms with E-state index >= 15 is 0 Å². The Labute approximate surface area is 102 Å². The number of carbonyl (C=O) groups excluding carboxylic acids is 2. The molecule has 1 fully saturated rings. The predicted molar refractivity (Wildman–Crippen MR) is 63.5 cm³/mol. The van der Waals surface area contributed by atoms with Gasteiger partial charge < -0.3 is 20.3 Å². The summed E-state index contributed by atoms with van der Waals surface area (Å²) in [4.78, 5) is 25.0. The van der Waals surface area contributed by atoms with Gasteiger partial charge in [-0.1, -0.05) is 0 Å². The molecular weight excluding hydrogens is 222 g/mol. The zero-order valence-corrected chi connectivity index (χ0v) is 10.5. The van der Waals surface area contributed by atoms with Gasteiger partial charge in [-0.2, -0.15) is 0 Å². The van der Waals surface area contributed by atoms with Gasteiger partial charge in [-0.3, -0.25) is 9.59 Å². The molecule has 1 saturated heterocycles. The van der Waals surface area contributed by atoms with Crippen LogP contribution in [0.25, 0.3) is 0 Å². The van der Waals surface area contributed by atoms with Gasteiger partial charge in [-0.25, -0.2) is 0 Å². The Morgan fingerprint density at radius 1 is 1.41 bits per heavy atom. The van der Waals surface area contributed by atoms with Gasteiger partial charge in [0.25, 0.3) is 0 Å². The molecule has 2 N–H and O–H groups in total. The van der Waals surface area contributed by atoms with Crippen LogP contribution in [0.3, 0.4) is 0 Å². The summed E-state index contributed by atoms with van der Waals surface area (Å²) in [6.07, 6.45) is 0. The fourth-order valence-electron chi connectivity index (χ4n) is 1.63. The zero-order valence-electron chi connectivity index (χ0n) is 10.5. The van der Waals surface area contributed by atoms with Crippen LogP contribution in [0.5, 0.6) is 0 Å². The van der Waals surface area contributed by atoms with E-state index in [1.54, 1.807) is 4.90 Å². The van der Waals surface area contributed by atoms with Gasteiger partial charge in [-0.15, -0.1) is 0 Å². The predicted octanol–water partition coefficient (Wildman–Crippen LogP) is -1.04. The lowest BCUT2D eigenvalue weighted by atomic mass is 10.3. The van der Waals surface area contributed by atoms with E-state index in [0.717, 1.165) is 13.1 Å². The third kappa shape index (κ3) is 4.70. The summed E-state index contributed by atoms with van der Waals surface area (Å²) in [5, 5.41) is 5.77. The largest absolute Gasteiger partial charge is 0.380 e. The second-order valence-corrected chi connectivity index (χ2v) is 4.08. The molecule has 0 spiro atoms. The Bertz CT molecular complexity index is 265. The molecule has 6 nitrogen and oxygen atoms in total. The molecule has 0 aromatic heterocycles. The van der Waals surface area contributed by atoms with Crippen molar-refractivity contribution in [3.63, 3.8) is 0 Å². The lowest BCUT2D eigenvalue weighted by Gasteiger charge is -2.27. The third-order valence-electron chi connectivity index (χ3n) is 2.55. The number of nitrogens with zero attached hydrogens (tertiary/aromatic N) is 1. The molecular formula is C11H21N3O3. The Morgan fingerprint density at radius 3 is 2.65 bits per heavy atom. The van der Waals surface area contributed by atoms with Gasteiger partial charge in [0, 0.05) is 38.8 Å². The van der Waals surface area contributed by atoms with Gasteiger partial charge in [0.15, 0.2) is 0 Å². The van der Waals surface area contributed by atoms with Gasteiger partial charge in [0.1, 0.15) is 0 Å². The molecule has 0 aromatic carbocycles. The van der Waals surface area contributed by atoms with E-state index in [-0.39, 0.29) is 6.04 Å². The highest BCUT2D eigenvalue weighted by Gasteiger charge is 2.23. The van der Waals surface area contributed by atoms with Gasteiger partial charge >= 0.3 is 11.8 Å². The Morgan fingerprint density at radius 2 is 2.06 bits per heavy atom. The van der Waals surface area contributed by atoms with Crippen molar-refractivity contribution in [1.29, 1.82) is 0 Å². The third-order valence-corrected chi connectivity index (χ3v) is 2.55. The summed E-state index contributed by atoms with van der Waals surface area (Å²) in [6.45, 7) is 7.40. The maximum atomic E-state index is 11.8. The highest BCUT2D eigenvalue weighted by Crippen LogP contribution is 1.94. The van der Waals surface area contributed by atoms with Crippen molar-refractivity contribution in [1.82, 2.24) is 15.5 Å². The van der Waals surface area contributed by atoms with Gasteiger partial charge in [0.05, 0.1) is 6.61 Å². The first-order chi connectivity index (χ1) is 8.15. The maximum absolute atomic E-state index is 11.8. The Balaban J connectivity index is 2.32. The smallest absolute Gasteiger partial charge is 0.311 e. The average Bonchev–Trinajstić information content (AvgIpc) is 2.36. The van der Waals surface area contributed by atoms with Crippen LogP contribution in [0.1, 0.15) is 13.8 Å². The second kappa shape index (κ2) is 7.24. The molecule has 98 valence electrons. The molecule has 1 atom stereocenters. The second-order valence-electron chi connectivity index (χ2n) is 4.08. The number of nitrogens with one attached hydrogen (secondary N) is 2. The maximum Gasteiger partial charge on any atom is 0.311 e. The van der Waals surface area contributed by atoms with Crippen LogP contribution in [0.15, 0.2) is 0 Å². The summed E-state index contributed by atoms with van der Waals surface area (Å²) in [5.41, 5.74) is 0. The standard InChI is InChI=1S/C11H21N3O3/c1-3-17-8-9(2)13-10(15)11(16)14-6-4-12-5-7-14/h9,12H,3-8H2,1-2H3,(H,13,15). The molecule has 17 heavy (non-hydrogen) atoms. The van der Waals surface area contributed by atoms with Crippen LogP contribution in [0.4, 0.5) is 0 Å². The lowest BCUT2D eigenvalue weighted by Crippen LogP contribution is -2.52. The van der Waals surface area contributed by atoms with Crippen LogP contribution in [0, 0.1) is 0 Å². The van der Waals surface area contributed by atoms with E-state index in [4.69, 9.17) is 4.74 Å². The molecule has 1 unspecified atom stereocenters. The van der Waals surface area contributed by atoms with Crippen LogP contribution in [-0.2, 0) is 14.3 Å². The van der Waals surface area contributed by atoms with E-state index in [1.165, 1.54) is 0 Å². The van der Waals surface area contributed by atoms with Crippen molar-refractivity contribution in [3.8, 4) is 0 Å². The van der Waals surface area contributed by atoms with E-state index in [2.05, 4.69) is 10.6 Å². The number of carbonyl (C=O) groups is 2. The van der Waals surface area contributed by atoms with Crippen LogP contribution < -0.4 is 10.6 Å². The van der Waals surface area contributed by atoms with Crippen molar-refractivity contribution in [2.75, 3.05) is 39.4 Å². The number of rotatable bonds is 4. The molecule has 6 heteroatoms. The summed E-state index contributed by atoms with van der Waals surface area (Å²) in [7, 11) is 0. The van der Waals surface area contributed by atoms with E-state index in [0.29, 0.717) is 26.3 Å².